The van der Waals surface area contributed by atoms with E-state index >= 15 is 0 Å². The van der Waals surface area contributed by atoms with Crippen molar-refractivity contribution in [1.29, 1.82) is 0 Å². The van der Waals surface area contributed by atoms with Gasteiger partial charge in [-0.1, -0.05) is 34.1 Å². The number of benzene rings is 2. The Bertz CT molecular complexity index is 550. The van der Waals surface area contributed by atoms with Crippen molar-refractivity contribution in [3.05, 3.63) is 58.1 Å². The minimum atomic E-state index is -0.597. The minimum Gasteiger partial charge on any atom is -0.457 e. The maximum Gasteiger partial charge on any atom is 0.134 e. The zero-order chi connectivity index (χ0) is 13.8. The van der Waals surface area contributed by atoms with E-state index < -0.39 is 6.10 Å². The molecule has 19 heavy (non-hydrogen) atoms. The van der Waals surface area contributed by atoms with E-state index in [0.717, 1.165) is 15.6 Å². The Morgan fingerprint density at radius 2 is 1.84 bits per heavy atom. The van der Waals surface area contributed by atoms with Crippen LogP contribution in [0.1, 0.15) is 24.2 Å². The van der Waals surface area contributed by atoms with Crippen LogP contribution >= 0.6 is 15.9 Å². The first-order chi connectivity index (χ1) is 9.10. The average Bonchev–Trinajstić information content (AvgIpc) is 2.39. The summed E-state index contributed by atoms with van der Waals surface area (Å²) in [6.07, 6.45) is -0.597. The highest BCUT2D eigenvalue weighted by Crippen LogP contribution is 2.32. The van der Waals surface area contributed by atoms with Crippen LogP contribution in [0.4, 0.5) is 0 Å². The van der Waals surface area contributed by atoms with Gasteiger partial charge in [-0.25, -0.2) is 0 Å². The standard InChI is InChI=1S/C15H15BrO3/c1-10(18)14-7-4-12(16)8-15(14)19-13-5-2-11(9-17)3-6-13/h2-8,10,17-18H,9H2,1H3. The van der Waals surface area contributed by atoms with Gasteiger partial charge in [0.2, 0.25) is 0 Å². The molecule has 0 saturated heterocycles. The van der Waals surface area contributed by atoms with E-state index in [9.17, 15) is 5.11 Å². The summed E-state index contributed by atoms with van der Waals surface area (Å²) >= 11 is 3.39. The van der Waals surface area contributed by atoms with Crippen molar-refractivity contribution in [1.82, 2.24) is 0 Å². The monoisotopic (exact) mass is 322 g/mol. The van der Waals surface area contributed by atoms with Crippen molar-refractivity contribution >= 4 is 15.9 Å². The lowest BCUT2D eigenvalue weighted by Gasteiger charge is -2.13. The summed E-state index contributed by atoms with van der Waals surface area (Å²) < 4.78 is 6.67. The quantitative estimate of drug-likeness (QED) is 0.900. The molecule has 0 heterocycles. The van der Waals surface area contributed by atoms with Crippen molar-refractivity contribution in [2.45, 2.75) is 19.6 Å². The summed E-state index contributed by atoms with van der Waals surface area (Å²) in [5, 5.41) is 18.7. The molecule has 1 unspecified atom stereocenters. The largest absolute Gasteiger partial charge is 0.457 e. The number of hydrogen-bond donors (Lipinski definition) is 2. The van der Waals surface area contributed by atoms with E-state index in [1.54, 1.807) is 31.2 Å². The molecule has 100 valence electrons. The van der Waals surface area contributed by atoms with Crippen LogP contribution in [0.25, 0.3) is 0 Å². The molecule has 2 rings (SSSR count). The van der Waals surface area contributed by atoms with Gasteiger partial charge in [0.05, 0.1) is 12.7 Å². The van der Waals surface area contributed by atoms with Crippen LogP contribution in [0.3, 0.4) is 0 Å². The Morgan fingerprint density at radius 1 is 1.16 bits per heavy atom. The van der Waals surface area contributed by atoms with Crippen molar-refractivity contribution in [2.24, 2.45) is 0 Å². The second-order valence-electron chi connectivity index (χ2n) is 4.26. The van der Waals surface area contributed by atoms with Gasteiger partial charge in [-0.3, -0.25) is 0 Å². The summed E-state index contributed by atoms with van der Waals surface area (Å²) in [6, 6.07) is 12.7. The summed E-state index contributed by atoms with van der Waals surface area (Å²) in [5.74, 6) is 1.28. The van der Waals surface area contributed by atoms with E-state index in [4.69, 9.17) is 9.84 Å². The number of aliphatic hydroxyl groups excluding tert-OH is 2. The fourth-order valence-corrected chi connectivity index (χ4v) is 2.07. The molecule has 0 spiro atoms. The molecule has 3 nitrogen and oxygen atoms in total. The number of ether oxygens (including phenoxy) is 1. The van der Waals surface area contributed by atoms with Gasteiger partial charge in [0.15, 0.2) is 0 Å². The highest BCUT2D eigenvalue weighted by molar-refractivity contribution is 9.10. The Hall–Kier alpha value is -1.36. The van der Waals surface area contributed by atoms with Crippen LogP contribution in [0, 0.1) is 0 Å². The van der Waals surface area contributed by atoms with E-state index in [-0.39, 0.29) is 6.61 Å². The fraction of sp³-hybridized carbons (Fsp3) is 0.200. The summed E-state index contributed by atoms with van der Waals surface area (Å²) in [5.41, 5.74) is 1.56. The molecule has 0 bridgehead atoms. The number of aliphatic hydroxyl groups is 2. The molecule has 2 aromatic rings. The second kappa shape index (κ2) is 6.19. The van der Waals surface area contributed by atoms with Crippen LogP contribution in [0.15, 0.2) is 46.9 Å². The van der Waals surface area contributed by atoms with E-state index in [2.05, 4.69) is 15.9 Å². The minimum absolute atomic E-state index is 0.0100. The van der Waals surface area contributed by atoms with Gasteiger partial charge in [-0.05, 0) is 36.8 Å². The predicted octanol–water partition coefficient (Wildman–Crippen LogP) is 3.79. The highest BCUT2D eigenvalue weighted by Gasteiger charge is 2.10. The fourth-order valence-electron chi connectivity index (χ4n) is 1.73. The number of hydrogen-bond acceptors (Lipinski definition) is 3. The molecule has 0 amide bonds. The zero-order valence-corrected chi connectivity index (χ0v) is 12.1. The Balaban J connectivity index is 2.28. The van der Waals surface area contributed by atoms with Gasteiger partial charge in [-0.15, -0.1) is 0 Å². The first-order valence-electron chi connectivity index (χ1n) is 5.95. The predicted molar refractivity (Wildman–Crippen MR) is 77.2 cm³/mol. The Kier molecular flexibility index (Phi) is 4.58. The van der Waals surface area contributed by atoms with E-state index in [1.165, 1.54) is 0 Å². The number of rotatable bonds is 4. The molecule has 0 aliphatic carbocycles. The third-order valence-electron chi connectivity index (χ3n) is 2.76. The lowest BCUT2D eigenvalue weighted by molar-refractivity contribution is 0.195. The van der Waals surface area contributed by atoms with Crippen LogP contribution in [0.5, 0.6) is 11.5 Å². The molecule has 0 aliphatic heterocycles. The molecule has 2 aromatic carbocycles. The average molecular weight is 323 g/mol. The summed E-state index contributed by atoms with van der Waals surface area (Å²) in [4.78, 5) is 0. The molecule has 1 atom stereocenters. The lowest BCUT2D eigenvalue weighted by atomic mass is 10.1. The van der Waals surface area contributed by atoms with Crippen LogP contribution in [0.2, 0.25) is 0 Å². The first kappa shape index (κ1) is 14.1. The van der Waals surface area contributed by atoms with Gasteiger partial charge in [-0.2, -0.15) is 0 Å². The molecular weight excluding hydrogens is 308 g/mol. The molecule has 2 N–H and O–H groups in total. The van der Waals surface area contributed by atoms with Gasteiger partial charge < -0.3 is 14.9 Å². The first-order valence-corrected chi connectivity index (χ1v) is 6.74. The second-order valence-corrected chi connectivity index (χ2v) is 5.18. The van der Waals surface area contributed by atoms with Crippen LogP contribution in [-0.2, 0) is 6.61 Å². The molecule has 0 radical (unpaired) electrons. The Morgan fingerprint density at radius 3 is 2.42 bits per heavy atom. The molecule has 0 saturated carbocycles. The molecular formula is C15H15BrO3. The van der Waals surface area contributed by atoms with Crippen molar-refractivity contribution in [3.63, 3.8) is 0 Å². The number of halogens is 1. The molecule has 4 heteroatoms. The smallest absolute Gasteiger partial charge is 0.134 e. The SMILES string of the molecule is CC(O)c1ccc(Br)cc1Oc1ccc(CO)cc1. The molecule has 0 aliphatic rings. The molecule has 0 fully saturated rings. The third-order valence-corrected chi connectivity index (χ3v) is 3.25. The topological polar surface area (TPSA) is 49.7 Å². The van der Waals surface area contributed by atoms with Crippen LogP contribution < -0.4 is 4.74 Å². The lowest BCUT2D eigenvalue weighted by Crippen LogP contribution is -1.96. The zero-order valence-electron chi connectivity index (χ0n) is 10.5. The maximum atomic E-state index is 9.73. The van der Waals surface area contributed by atoms with Gasteiger partial charge in [0.25, 0.3) is 0 Å². The normalized spacial score (nSPS) is 12.2. The van der Waals surface area contributed by atoms with Crippen LogP contribution in [-0.4, -0.2) is 10.2 Å². The van der Waals surface area contributed by atoms with E-state index in [1.807, 2.05) is 18.2 Å². The summed E-state index contributed by atoms with van der Waals surface area (Å²) in [7, 11) is 0. The van der Waals surface area contributed by atoms with Gasteiger partial charge in [0.1, 0.15) is 11.5 Å². The van der Waals surface area contributed by atoms with Gasteiger partial charge >= 0.3 is 0 Å². The maximum absolute atomic E-state index is 9.73. The van der Waals surface area contributed by atoms with E-state index in [0.29, 0.717) is 11.5 Å². The summed E-state index contributed by atoms with van der Waals surface area (Å²) in [6.45, 7) is 1.71. The third kappa shape index (κ3) is 3.56. The Labute approximate surface area is 120 Å². The van der Waals surface area contributed by atoms with Crippen molar-refractivity contribution in [2.75, 3.05) is 0 Å². The van der Waals surface area contributed by atoms with Crippen molar-refractivity contribution < 1.29 is 14.9 Å². The highest BCUT2D eigenvalue weighted by atomic mass is 79.9. The van der Waals surface area contributed by atoms with Crippen molar-refractivity contribution in [3.8, 4) is 11.5 Å². The van der Waals surface area contributed by atoms with Gasteiger partial charge in [0, 0.05) is 10.0 Å². The molecule has 0 aromatic heterocycles.